The standard InChI is InChI=1S/C16H20N2O4/c1-10(6-15(20)21)8-18-14(19)7-11-9-17-12-4-3-5-13(22-2)16(11)12/h3-5,9-10,17H,6-8H2,1-2H3,(H,18,19)(H,20,21). The fourth-order valence-corrected chi connectivity index (χ4v) is 2.42. The van der Waals surface area contributed by atoms with Crippen molar-refractivity contribution < 1.29 is 19.4 Å². The first-order valence-corrected chi connectivity index (χ1v) is 7.12. The molecule has 118 valence electrons. The second-order valence-corrected chi connectivity index (χ2v) is 5.38. The van der Waals surface area contributed by atoms with E-state index in [1.807, 2.05) is 18.2 Å². The zero-order valence-corrected chi connectivity index (χ0v) is 12.7. The van der Waals surface area contributed by atoms with Gasteiger partial charge in [-0.1, -0.05) is 13.0 Å². The predicted molar refractivity (Wildman–Crippen MR) is 83.0 cm³/mol. The fourth-order valence-electron chi connectivity index (χ4n) is 2.42. The molecule has 1 unspecified atom stereocenters. The largest absolute Gasteiger partial charge is 0.496 e. The lowest BCUT2D eigenvalue weighted by Crippen LogP contribution is -2.30. The molecule has 0 saturated carbocycles. The van der Waals surface area contributed by atoms with Gasteiger partial charge in [-0.2, -0.15) is 0 Å². The molecule has 1 aromatic heterocycles. The number of ether oxygens (including phenoxy) is 1. The van der Waals surface area contributed by atoms with E-state index in [0.717, 1.165) is 22.2 Å². The first-order chi connectivity index (χ1) is 10.5. The molecule has 6 heteroatoms. The van der Waals surface area contributed by atoms with Crippen LogP contribution in [0.3, 0.4) is 0 Å². The maximum atomic E-state index is 12.0. The quantitative estimate of drug-likeness (QED) is 0.729. The molecule has 0 aliphatic heterocycles. The highest BCUT2D eigenvalue weighted by atomic mass is 16.5. The van der Waals surface area contributed by atoms with Gasteiger partial charge in [0, 0.05) is 30.1 Å². The van der Waals surface area contributed by atoms with E-state index < -0.39 is 5.97 Å². The SMILES string of the molecule is COc1cccc2[nH]cc(CC(=O)NCC(C)CC(=O)O)c12. The van der Waals surface area contributed by atoms with E-state index in [0.29, 0.717) is 6.54 Å². The molecule has 0 aliphatic rings. The molecule has 0 spiro atoms. The lowest BCUT2D eigenvalue weighted by molar-refractivity contribution is -0.138. The zero-order chi connectivity index (χ0) is 16.1. The molecule has 0 bridgehead atoms. The molecule has 1 atom stereocenters. The minimum atomic E-state index is -0.858. The number of carbonyl (C=O) groups excluding carboxylic acids is 1. The Kier molecular flexibility index (Phi) is 5.04. The highest BCUT2D eigenvalue weighted by Gasteiger charge is 2.14. The summed E-state index contributed by atoms with van der Waals surface area (Å²) in [4.78, 5) is 25.7. The van der Waals surface area contributed by atoms with Crippen molar-refractivity contribution >= 4 is 22.8 Å². The van der Waals surface area contributed by atoms with Gasteiger partial charge in [0.1, 0.15) is 5.75 Å². The van der Waals surface area contributed by atoms with Gasteiger partial charge in [0.25, 0.3) is 0 Å². The Morgan fingerprint density at radius 3 is 2.86 bits per heavy atom. The van der Waals surface area contributed by atoms with E-state index in [-0.39, 0.29) is 24.7 Å². The number of hydrogen-bond donors (Lipinski definition) is 3. The van der Waals surface area contributed by atoms with Gasteiger partial charge in [0.05, 0.1) is 13.5 Å². The second-order valence-electron chi connectivity index (χ2n) is 5.38. The summed E-state index contributed by atoms with van der Waals surface area (Å²) in [6, 6.07) is 5.66. The summed E-state index contributed by atoms with van der Waals surface area (Å²) in [7, 11) is 1.60. The van der Waals surface area contributed by atoms with Crippen LogP contribution in [0.2, 0.25) is 0 Å². The Morgan fingerprint density at radius 2 is 2.18 bits per heavy atom. The van der Waals surface area contributed by atoms with Gasteiger partial charge >= 0.3 is 5.97 Å². The Balaban J connectivity index is 2.02. The van der Waals surface area contributed by atoms with Gasteiger partial charge in [-0.3, -0.25) is 9.59 Å². The lowest BCUT2D eigenvalue weighted by atomic mass is 10.1. The van der Waals surface area contributed by atoms with Crippen molar-refractivity contribution in [2.45, 2.75) is 19.8 Å². The topological polar surface area (TPSA) is 91.4 Å². The zero-order valence-electron chi connectivity index (χ0n) is 12.7. The van der Waals surface area contributed by atoms with Gasteiger partial charge in [-0.15, -0.1) is 0 Å². The van der Waals surface area contributed by atoms with Crippen molar-refractivity contribution in [3.8, 4) is 5.75 Å². The van der Waals surface area contributed by atoms with E-state index in [2.05, 4.69) is 10.3 Å². The molecule has 2 aromatic rings. The third-order valence-corrected chi connectivity index (χ3v) is 3.49. The molecule has 0 radical (unpaired) electrons. The number of carbonyl (C=O) groups is 2. The van der Waals surface area contributed by atoms with Crippen LogP contribution >= 0.6 is 0 Å². The molecule has 0 fully saturated rings. The molecule has 6 nitrogen and oxygen atoms in total. The summed E-state index contributed by atoms with van der Waals surface area (Å²) in [6.07, 6.45) is 2.06. The van der Waals surface area contributed by atoms with Crippen LogP contribution in [0.15, 0.2) is 24.4 Å². The van der Waals surface area contributed by atoms with Gasteiger partial charge in [0.15, 0.2) is 0 Å². The van der Waals surface area contributed by atoms with E-state index in [4.69, 9.17) is 9.84 Å². The second kappa shape index (κ2) is 6.98. The van der Waals surface area contributed by atoms with Crippen molar-refractivity contribution in [1.82, 2.24) is 10.3 Å². The Labute approximate surface area is 128 Å². The number of aromatic nitrogens is 1. The molecular weight excluding hydrogens is 284 g/mol. The number of aromatic amines is 1. The first kappa shape index (κ1) is 15.9. The van der Waals surface area contributed by atoms with E-state index in [1.54, 1.807) is 20.2 Å². The first-order valence-electron chi connectivity index (χ1n) is 7.12. The minimum Gasteiger partial charge on any atom is -0.496 e. The van der Waals surface area contributed by atoms with Gasteiger partial charge < -0.3 is 20.1 Å². The number of aliphatic carboxylic acids is 1. The Bertz CT molecular complexity index is 678. The normalized spacial score (nSPS) is 12.1. The van der Waals surface area contributed by atoms with Gasteiger partial charge in [0.2, 0.25) is 5.91 Å². The van der Waals surface area contributed by atoms with Gasteiger partial charge in [-0.25, -0.2) is 0 Å². The van der Waals surface area contributed by atoms with Crippen molar-refractivity contribution in [2.24, 2.45) is 5.92 Å². The minimum absolute atomic E-state index is 0.0428. The number of benzene rings is 1. The Hall–Kier alpha value is -2.50. The summed E-state index contributed by atoms with van der Waals surface area (Å²) in [5.41, 5.74) is 1.78. The van der Waals surface area contributed by atoms with Crippen molar-refractivity contribution in [3.05, 3.63) is 30.0 Å². The smallest absolute Gasteiger partial charge is 0.303 e. The molecule has 3 N–H and O–H groups in total. The van der Waals surface area contributed by atoms with Crippen LogP contribution in [0.1, 0.15) is 18.9 Å². The number of fused-ring (bicyclic) bond motifs is 1. The molecule has 1 aromatic carbocycles. The van der Waals surface area contributed by atoms with Crippen LogP contribution in [0, 0.1) is 5.92 Å². The van der Waals surface area contributed by atoms with Crippen LogP contribution in [0.25, 0.3) is 10.9 Å². The van der Waals surface area contributed by atoms with Crippen molar-refractivity contribution in [3.63, 3.8) is 0 Å². The summed E-state index contributed by atoms with van der Waals surface area (Å²) in [6.45, 7) is 2.15. The highest BCUT2D eigenvalue weighted by Crippen LogP contribution is 2.28. The summed E-state index contributed by atoms with van der Waals surface area (Å²) in [5, 5.41) is 12.4. The highest BCUT2D eigenvalue weighted by molar-refractivity contribution is 5.93. The van der Waals surface area contributed by atoms with Crippen LogP contribution in [-0.4, -0.2) is 35.6 Å². The number of methoxy groups -OCH3 is 1. The molecule has 1 amide bonds. The third-order valence-electron chi connectivity index (χ3n) is 3.49. The summed E-state index contributed by atoms with van der Waals surface area (Å²) in [5.74, 6) is -0.369. The molecule has 0 saturated heterocycles. The molecular formula is C16H20N2O4. The third kappa shape index (κ3) is 3.78. The average molecular weight is 304 g/mol. The molecule has 22 heavy (non-hydrogen) atoms. The monoisotopic (exact) mass is 304 g/mol. The summed E-state index contributed by atoms with van der Waals surface area (Å²) >= 11 is 0. The fraction of sp³-hybridized carbons (Fsp3) is 0.375. The number of amides is 1. The van der Waals surface area contributed by atoms with Gasteiger partial charge in [-0.05, 0) is 23.6 Å². The average Bonchev–Trinajstić information content (AvgIpc) is 2.87. The van der Waals surface area contributed by atoms with Crippen LogP contribution in [-0.2, 0) is 16.0 Å². The summed E-state index contributed by atoms with van der Waals surface area (Å²) < 4.78 is 5.33. The number of rotatable bonds is 7. The van der Waals surface area contributed by atoms with Crippen LogP contribution in [0.5, 0.6) is 5.75 Å². The van der Waals surface area contributed by atoms with Crippen molar-refractivity contribution in [1.29, 1.82) is 0 Å². The number of H-pyrrole nitrogens is 1. The maximum Gasteiger partial charge on any atom is 0.303 e. The lowest BCUT2D eigenvalue weighted by Gasteiger charge is -2.10. The van der Waals surface area contributed by atoms with Crippen LogP contribution < -0.4 is 10.1 Å². The van der Waals surface area contributed by atoms with E-state index in [1.165, 1.54) is 0 Å². The number of carboxylic acid groups (broad SMARTS) is 1. The Morgan fingerprint density at radius 1 is 1.41 bits per heavy atom. The van der Waals surface area contributed by atoms with E-state index >= 15 is 0 Å². The predicted octanol–water partition coefficient (Wildman–Crippen LogP) is 1.95. The number of nitrogens with one attached hydrogen (secondary N) is 2. The number of hydrogen-bond acceptors (Lipinski definition) is 3. The van der Waals surface area contributed by atoms with Crippen molar-refractivity contribution in [2.75, 3.05) is 13.7 Å². The van der Waals surface area contributed by atoms with E-state index in [9.17, 15) is 9.59 Å². The van der Waals surface area contributed by atoms with Crippen LogP contribution in [0.4, 0.5) is 0 Å². The molecule has 2 rings (SSSR count). The molecule has 0 aliphatic carbocycles. The maximum absolute atomic E-state index is 12.0. The number of carboxylic acids is 1. The molecule has 1 heterocycles.